The van der Waals surface area contributed by atoms with Gasteiger partial charge in [0.05, 0.1) is 12.4 Å². The molecule has 0 saturated carbocycles. The van der Waals surface area contributed by atoms with Crippen molar-refractivity contribution in [3.63, 3.8) is 0 Å². The molecule has 0 radical (unpaired) electrons. The molecule has 13 nitrogen and oxygen atoms in total. The van der Waals surface area contributed by atoms with Crippen LogP contribution >= 0.6 is 0 Å². The van der Waals surface area contributed by atoms with Crippen LogP contribution in [-0.4, -0.2) is 68.6 Å². The maximum absolute atomic E-state index is 13.0. The molecule has 0 saturated heterocycles. The van der Waals surface area contributed by atoms with Crippen molar-refractivity contribution in [1.29, 1.82) is 0 Å². The van der Waals surface area contributed by atoms with E-state index in [2.05, 4.69) is 25.6 Å². The molecule has 2 aromatic rings. The van der Waals surface area contributed by atoms with Crippen LogP contribution < -0.4 is 27.8 Å². The third kappa shape index (κ3) is 8.78. The summed E-state index contributed by atoms with van der Waals surface area (Å²) in [6.45, 7) is 0.300. The molecule has 34 heavy (non-hydrogen) atoms. The predicted molar refractivity (Wildman–Crippen MR) is 123 cm³/mol. The van der Waals surface area contributed by atoms with E-state index < -0.39 is 35.9 Å². The summed E-state index contributed by atoms with van der Waals surface area (Å²) >= 11 is 0. The third-order valence-electron chi connectivity index (χ3n) is 4.91. The van der Waals surface area contributed by atoms with E-state index in [0.717, 1.165) is 0 Å². The highest BCUT2D eigenvalue weighted by Crippen LogP contribution is 2.12. The molecule has 0 aliphatic heterocycles. The largest absolute Gasteiger partial charge is 0.508 e. The molecule has 13 heteroatoms. The van der Waals surface area contributed by atoms with E-state index in [9.17, 15) is 24.6 Å². The van der Waals surface area contributed by atoms with Gasteiger partial charge in [0.2, 0.25) is 11.8 Å². The highest BCUT2D eigenvalue weighted by molar-refractivity contribution is 5.92. The molecule has 2 amide bonds. The van der Waals surface area contributed by atoms with Gasteiger partial charge in [-0.05, 0) is 30.5 Å². The van der Waals surface area contributed by atoms with Crippen LogP contribution in [0.5, 0.6) is 5.75 Å². The fourth-order valence-electron chi connectivity index (χ4n) is 3.09. The van der Waals surface area contributed by atoms with Gasteiger partial charge in [-0.2, -0.15) is 0 Å². The number of aliphatic carboxylic acids is 1. The van der Waals surface area contributed by atoms with Gasteiger partial charge in [0.1, 0.15) is 17.8 Å². The number of amides is 2. The lowest BCUT2D eigenvalue weighted by molar-refractivity contribution is -0.142. The Bertz CT molecular complexity index is 974. The van der Waals surface area contributed by atoms with Crippen molar-refractivity contribution in [3.8, 4) is 5.75 Å². The van der Waals surface area contributed by atoms with Gasteiger partial charge >= 0.3 is 5.97 Å². The molecule has 0 aliphatic rings. The first-order valence-corrected chi connectivity index (χ1v) is 10.6. The Morgan fingerprint density at radius 3 is 2.32 bits per heavy atom. The van der Waals surface area contributed by atoms with Crippen molar-refractivity contribution in [2.75, 3.05) is 6.54 Å². The average molecular weight is 475 g/mol. The Labute approximate surface area is 195 Å². The number of carboxylic acids is 1. The average Bonchev–Trinajstić information content (AvgIpc) is 3.30. The van der Waals surface area contributed by atoms with E-state index in [1.54, 1.807) is 12.1 Å². The number of carboxylic acid groups (broad SMARTS) is 1. The summed E-state index contributed by atoms with van der Waals surface area (Å²) in [5.41, 5.74) is 17.6. The van der Waals surface area contributed by atoms with Crippen molar-refractivity contribution in [2.45, 2.75) is 43.8 Å². The molecule has 3 unspecified atom stereocenters. The second-order valence-electron chi connectivity index (χ2n) is 7.67. The maximum Gasteiger partial charge on any atom is 0.326 e. The number of aromatic hydroxyl groups is 1. The lowest BCUT2D eigenvalue weighted by Crippen LogP contribution is -2.55. The summed E-state index contributed by atoms with van der Waals surface area (Å²) in [6, 6.07) is 2.79. The number of aromatic amines is 1. The van der Waals surface area contributed by atoms with Gasteiger partial charge in [0.15, 0.2) is 5.96 Å². The number of phenols is 1. The number of nitrogens with two attached hydrogens (primary N) is 3. The fourth-order valence-corrected chi connectivity index (χ4v) is 3.09. The molecule has 1 aromatic heterocycles. The van der Waals surface area contributed by atoms with Crippen molar-refractivity contribution >= 4 is 23.7 Å². The van der Waals surface area contributed by atoms with Crippen LogP contribution in [0.15, 0.2) is 41.8 Å². The van der Waals surface area contributed by atoms with Gasteiger partial charge in [-0.3, -0.25) is 14.6 Å². The van der Waals surface area contributed by atoms with E-state index >= 15 is 0 Å². The number of aromatic nitrogens is 2. The first-order valence-electron chi connectivity index (χ1n) is 10.6. The number of imidazole rings is 1. The molecule has 2 rings (SSSR count). The molecule has 0 bridgehead atoms. The lowest BCUT2D eigenvalue weighted by Gasteiger charge is -2.23. The number of phenolic OH excluding ortho intramolecular Hbond substituents is 1. The third-order valence-corrected chi connectivity index (χ3v) is 4.91. The SMILES string of the molecule is NC(N)=NCCCC(N)C(=O)NC(Cc1ccc(O)cc1)C(=O)NC(Cc1cnc[nH]1)C(=O)O. The van der Waals surface area contributed by atoms with E-state index in [0.29, 0.717) is 24.2 Å². The van der Waals surface area contributed by atoms with Crippen molar-refractivity contribution in [2.24, 2.45) is 22.2 Å². The molecule has 0 spiro atoms. The van der Waals surface area contributed by atoms with E-state index in [1.807, 2.05) is 0 Å². The van der Waals surface area contributed by atoms with E-state index in [-0.39, 0.29) is 31.0 Å². The van der Waals surface area contributed by atoms with Crippen LogP contribution in [-0.2, 0) is 27.2 Å². The topological polar surface area (TPSA) is 235 Å². The first-order chi connectivity index (χ1) is 16.2. The summed E-state index contributed by atoms with van der Waals surface area (Å²) < 4.78 is 0. The molecule has 184 valence electrons. The number of guanidine groups is 1. The molecule has 1 heterocycles. The van der Waals surface area contributed by atoms with Gasteiger partial charge in [-0.15, -0.1) is 0 Å². The number of benzene rings is 1. The summed E-state index contributed by atoms with van der Waals surface area (Å²) in [5.74, 6) is -2.53. The number of hydrogen-bond acceptors (Lipinski definition) is 7. The van der Waals surface area contributed by atoms with Crippen LogP contribution in [0.25, 0.3) is 0 Å². The summed E-state index contributed by atoms with van der Waals surface area (Å²) in [5, 5.41) is 24.1. The number of aliphatic imine (C=N–C) groups is 1. The van der Waals surface area contributed by atoms with Crippen LogP contribution in [0.4, 0.5) is 0 Å². The number of hydrogen-bond donors (Lipinski definition) is 8. The standard InChI is InChI=1S/C21H30N8O5/c22-15(2-1-7-26-21(23)24)18(31)28-16(8-12-3-5-14(30)6-4-12)19(32)29-17(20(33)34)9-13-10-25-11-27-13/h3-6,10-11,15-17,30H,1-2,7-9,22H2,(H,25,27)(H,28,31)(H,29,32)(H,33,34)(H4,23,24,26). The summed E-state index contributed by atoms with van der Waals surface area (Å²) in [6.07, 6.45) is 3.61. The minimum absolute atomic E-state index is 0.0226. The smallest absolute Gasteiger partial charge is 0.326 e. The summed E-state index contributed by atoms with van der Waals surface area (Å²) in [7, 11) is 0. The van der Waals surface area contributed by atoms with Gasteiger partial charge in [-0.25, -0.2) is 9.78 Å². The first kappa shape index (κ1) is 26.1. The molecule has 3 atom stereocenters. The van der Waals surface area contributed by atoms with Crippen LogP contribution in [0, 0.1) is 0 Å². The molecule has 1 aromatic carbocycles. The number of carbonyl (C=O) groups excluding carboxylic acids is 2. The van der Waals surface area contributed by atoms with Crippen molar-refractivity contribution in [3.05, 3.63) is 48.0 Å². The van der Waals surface area contributed by atoms with Gasteiger partial charge in [0.25, 0.3) is 0 Å². The van der Waals surface area contributed by atoms with Crippen molar-refractivity contribution in [1.82, 2.24) is 20.6 Å². The van der Waals surface area contributed by atoms with Crippen LogP contribution in [0.1, 0.15) is 24.1 Å². The Balaban J connectivity index is 2.09. The molecular formula is C21H30N8O5. The maximum atomic E-state index is 13.0. The Kier molecular flexibility index (Phi) is 9.83. The number of nitrogens with zero attached hydrogens (tertiary/aromatic N) is 2. The number of nitrogens with one attached hydrogen (secondary N) is 3. The second-order valence-corrected chi connectivity index (χ2v) is 7.67. The normalized spacial score (nSPS) is 13.3. The highest BCUT2D eigenvalue weighted by atomic mass is 16.4. The molecule has 0 aliphatic carbocycles. The van der Waals surface area contributed by atoms with Gasteiger partial charge in [-0.1, -0.05) is 12.1 Å². The van der Waals surface area contributed by atoms with E-state index in [4.69, 9.17) is 17.2 Å². The summed E-state index contributed by atoms with van der Waals surface area (Å²) in [4.78, 5) is 47.8. The predicted octanol–water partition coefficient (Wildman–Crippen LogP) is -1.66. The van der Waals surface area contributed by atoms with Crippen molar-refractivity contribution < 1.29 is 24.6 Å². The Morgan fingerprint density at radius 1 is 1.06 bits per heavy atom. The Hall–Kier alpha value is -4.13. The fraction of sp³-hybridized carbons (Fsp3) is 0.381. The zero-order chi connectivity index (χ0) is 25.1. The second kappa shape index (κ2) is 12.8. The highest BCUT2D eigenvalue weighted by Gasteiger charge is 2.28. The zero-order valence-corrected chi connectivity index (χ0v) is 18.5. The monoisotopic (exact) mass is 474 g/mol. The number of rotatable bonds is 13. The van der Waals surface area contributed by atoms with Gasteiger partial charge < -0.3 is 43.0 Å². The number of carbonyl (C=O) groups is 3. The minimum Gasteiger partial charge on any atom is -0.508 e. The lowest BCUT2D eigenvalue weighted by atomic mass is 10.0. The van der Waals surface area contributed by atoms with E-state index in [1.165, 1.54) is 24.7 Å². The van der Waals surface area contributed by atoms with Gasteiger partial charge in [0, 0.05) is 31.3 Å². The molecule has 11 N–H and O–H groups in total. The molecule has 0 fully saturated rings. The Morgan fingerprint density at radius 2 is 1.74 bits per heavy atom. The zero-order valence-electron chi connectivity index (χ0n) is 18.5. The minimum atomic E-state index is -1.25. The molecular weight excluding hydrogens is 444 g/mol. The van der Waals surface area contributed by atoms with Crippen LogP contribution in [0.2, 0.25) is 0 Å². The quantitative estimate of drug-likeness (QED) is 0.0940. The number of H-pyrrole nitrogens is 1. The van der Waals surface area contributed by atoms with Crippen LogP contribution in [0.3, 0.4) is 0 Å².